The molecular weight excluding hydrogens is 304 g/mol. The molecule has 3 rings (SSSR count). The standard InChI is InChI=1S/C20H22O4/c1-2-3-4-5-6-10-18(21)23-17-12-11-16-15(17)9-7-8-14-13-19(22)24-20(14)16/h7-9,11-12H,2-6,10,13H2,1H3. The third kappa shape index (κ3) is 3.58. The lowest BCUT2D eigenvalue weighted by atomic mass is 10.1. The van der Waals surface area contributed by atoms with Gasteiger partial charge in [0.15, 0.2) is 0 Å². The number of carbonyl (C=O) groups excluding carboxylic acids is 2. The van der Waals surface area contributed by atoms with Gasteiger partial charge in [0.1, 0.15) is 11.5 Å². The lowest BCUT2D eigenvalue weighted by Gasteiger charge is -2.06. The Morgan fingerprint density at radius 1 is 1.08 bits per heavy atom. The smallest absolute Gasteiger partial charge is 0.315 e. The molecule has 126 valence electrons. The maximum atomic E-state index is 12.0. The Morgan fingerprint density at radius 2 is 1.92 bits per heavy atom. The minimum atomic E-state index is -0.246. The first-order valence-electron chi connectivity index (χ1n) is 8.65. The molecule has 0 amide bonds. The monoisotopic (exact) mass is 326 g/mol. The molecule has 4 nitrogen and oxygen atoms in total. The van der Waals surface area contributed by atoms with Crippen molar-refractivity contribution in [2.45, 2.75) is 51.9 Å². The number of hydrogen-bond acceptors (Lipinski definition) is 4. The molecule has 0 aromatic rings. The van der Waals surface area contributed by atoms with Crippen LogP contribution in [0.5, 0.6) is 11.5 Å². The van der Waals surface area contributed by atoms with Gasteiger partial charge in [-0.3, -0.25) is 9.59 Å². The van der Waals surface area contributed by atoms with E-state index >= 15 is 0 Å². The summed E-state index contributed by atoms with van der Waals surface area (Å²) in [4.78, 5) is 23.6. The second kappa shape index (κ2) is 7.47. The van der Waals surface area contributed by atoms with Crippen LogP contribution in [-0.4, -0.2) is 11.9 Å². The molecule has 0 bridgehead atoms. The van der Waals surface area contributed by atoms with E-state index in [1.807, 2.05) is 24.3 Å². The van der Waals surface area contributed by atoms with E-state index in [4.69, 9.17) is 9.47 Å². The largest absolute Gasteiger partial charge is 0.426 e. The maximum Gasteiger partial charge on any atom is 0.315 e. The molecule has 0 atom stereocenters. The predicted octanol–water partition coefficient (Wildman–Crippen LogP) is 4.52. The Hall–Kier alpha value is -2.36. The Kier molecular flexibility index (Phi) is 5.14. The van der Waals surface area contributed by atoms with Crippen molar-refractivity contribution >= 4 is 11.9 Å². The Morgan fingerprint density at radius 3 is 2.75 bits per heavy atom. The molecule has 0 saturated heterocycles. The van der Waals surface area contributed by atoms with E-state index in [-0.39, 0.29) is 18.4 Å². The average Bonchev–Trinajstić information content (AvgIpc) is 3.06. The third-order valence-electron chi connectivity index (χ3n) is 4.31. The molecule has 0 N–H and O–H groups in total. The molecule has 0 spiro atoms. The number of fused-ring (bicyclic) bond motifs is 3. The first-order chi connectivity index (χ1) is 11.7. The van der Waals surface area contributed by atoms with Gasteiger partial charge < -0.3 is 9.47 Å². The summed E-state index contributed by atoms with van der Waals surface area (Å²) < 4.78 is 10.8. The fourth-order valence-electron chi connectivity index (χ4n) is 3.05. The van der Waals surface area contributed by atoms with Crippen molar-refractivity contribution in [3.05, 3.63) is 35.9 Å². The van der Waals surface area contributed by atoms with Crippen LogP contribution in [0.3, 0.4) is 0 Å². The van der Waals surface area contributed by atoms with Crippen molar-refractivity contribution in [3.63, 3.8) is 0 Å². The first-order valence-corrected chi connectivity index (χ1v) is 8.65. The second-order valence-corrected chi connectivity index (χ2v) is 6.19. The van der Waals surface area contributed by atoms with Gasteiger partial charge >= 0.3 is 11.9 Å². The van der Waals surface area contributed by atoms with Crippen LogP contribution in [0.1, 0.15) is 51.0 Å². The zero-order chi connectivity index (χ0) is 16.9. The fourth-order valence-corrected chi connectivity index (χ4v) is 3.05. The van der Waals surface area contributed by atoms with Crippen LogP contribution in [0.4, 0.5) is 0 Å². The van der Waals surface area contributed by atoms with Crippen LogP contribution in [0.25, 0.3) is 11.1 Å². The molecule has 0 saturated carbocycles. The fraction of sp³-hybridized carbons (Fsp3) is 0.400. The predicted molar refractivity (Wildman–Crippen MR) is 91.4 cm³/mol. The highest BCUT2D eigenvalue weighted by molar-refractivity contribution is 5.90. The maximum absolute atomic E-state index is 12.0. The molecule has 4 heteroatoms. The van der Waals surface area contributed by atoms with Crippen molar-refractivity contribution < 1.29 is 19.1 Å². The Balaban J connectivity index is 1.66. The van der Waals surface area contributed by atoms with E-state index in [9.17, 15) is 9.59 Å². The lowest BCUT2D eigenvalue weighted by molar-refractivity contribution is -0.134. The van der Waals surface area contributed by atoms with Crippen molar-refractivity contribution in [1.82, 2.24) is 0 Å². The first kappa shape index (κ1) is 16.5. The van der Waals surface area contributed by atoms with Crippen LogP contribution in [-0.2, 0) is 16.0 Å². The Labute approximate surface area is 142 Å². The highest BCUT2D eigenvalue weighted by Crippen LogP contribution is 2.43. The van der Waals surface area contributed by atoms with Crippen LogP contribution >= 0.6 is 0 Å². The summed E-state index contributed by atoms with van der Waals surface area (Å²) in [5.41, 5.74) is 2.48. The number of hydrogen-bond donors (Lipinski definition) is 0. The molecular formula is C20H22O4. The molecule has 1 aliphatic heterocycles. The highest BCUT2D eigenvalue weighted by atomic mass is 16.5. The SMILES string of the molecule is CCCCCCCC(=O)Oc1ccc2c3c(cccc1-2)CC(=O)O3. The van der Waals surface area contributed by atoms with Gasteiger partial charge in [-0.2, -0.15) is 0 Å². The summed E-state index contributed by atoms with van der Waals surface area (Å²) in [5.74, 6) is 0.662. The number of ether oxygens (including phenoxy) is 2. The minimum Gasteiger partial charge on any atom is -0.426 e. The van der Waals surface area contributed by atoms with E-state index in [2.05, 4.69) is 6.92 Å². The van der Waals surface area contributed by atoms with Crippen molar-refractivity contribution in [2.75, 3.05) is 0 Å². The van der Waals surface area contributed by atoms with Gasteiger partial charge in [-0.05, 0) is 18.6 Å². The molecule has 0 radical (unpaired) electrons. The van der Waals surface area contributed by atoms with Gasteiger partial charge in [0.25, 0.3) is 0 Å². The van der Waals surface area contributed by atoms with E-state index in [1.54, 1.807) is 6.07 Å². The number of rotatable bonds is 7. The topological polar surface area (TPSA) is 52.6 Å². The number of carbonyl (C=O) groups is 2. The van der Waals surface area contributed by atoms with Crippen LogP contribution in [0.15, 0.2) is 30.3 Å². The normalized spacial score (nSPS) is 13.0. The van der Waals surface area contributed by atoms with Gasteiger partial charge in [-0.1, -0.05) is 50.8 Å². The van der Waals surface area contributed by atoms with E-state index in [1.165, 1.54) is 12.8 Å². The quantitative estimate of drug-likeness (QED) is 0.554. The number of esters is 2. The van der Waals surface area contributed by atoms with E-state index in [0.29, 0.717) is 17.9 Å². The molecule has 2 aliphatic carbocycles. The highest BCUT2D eigenvalue weighted by Gasteiger charge is 2.26. The second-order valence-electron chi connectivity index (χ2n) is 6.19. The zero-order valence-electron chi connectivity index (χ0n) is 14.0. The summed E-state index contributed by atoms with van der Waals surface area (Å²) >= 11 is 0. The van der Waals surface area contributed by atoms with Crippen LogP contribution < -0.4 is 9.47 Å². The van der Waals surface area contributed by atoms with Crippen LogP contribution in [0.2, 0.25) is 0 Å². The van der Waals surface area contributed by atoms with Gasteiger partial charge in [-0.25, -0.2) is 0 Å². The molecule has 24 heavy (non-hydrogen) atoms. The van der Waals surface area contributed by atoms with Crippen molar-refractivity contribution in [1.29, 1.82) is 0 Å². The van der Waals surface area contributed by atoms with Gasteiger partial charge in [0.05, 0.1) is 6.42 Å². The summed E-state index contributed by atoms with van der Waals surface area (Å²) in [6.45, 7) is 2.17. The molecule has 3 aliphatic rings. The van der Waals surface area contributed by atoms with Crippen molar-refractivity contribution in [2.24, 2.45) is 0 Å². The van der Waals surface area contributed by atoms with Crippen molar-refractivity contribution in [3.8, 4) is 22.6 Å². The summed E-state index contributed by atoms with van der Waals surface area (Å²) in [5, 5.41) is 0. The van der Waals surface area contributed by atoms with Gasteiger partial charge in [0, 0.05) is 23.1 Å². The molecule has 0 aromatic carbocycles. The van der Waals surface area contributed by atoms with E-state index < -0.39 is 0 Å². The number of unbranched alkanes of at least 4 members (excludes halogenated alkanes) is 4. The molecule has 0 unspecified atom stereocenters. The molecule has 0 fully saturated rings. The van der Waals surface area contributed by atoms with Gasteiger partial charge in [-0.15, -0.1) is 0 Å². The Bertz CT molecular complexity index is 720. The molecule has 0 aromatic heterocycles. The summed E-state index contributed by atoms with van der Waals surface area (Å²) in [6, 6.07) is 9.25. The average molecular weight is 326 g/mol. The van der Waals surface area contributed by atoms with E-state index in [0.717, 1.165) is 36.0 Å². The molecule has 1 heterocycles. The third-order valence-corrected chi connectivity index (χ3v) is 4.31. The summed E-state index contributed by atoms with van der Waals surface area (Å²) in [6.07, 6.45) is 6.20. The zero-order valence-corrected chi connectivity index (χ0v) is 14.0. The van der Waals surface area contributed by atoms with Crippen LogP contribution in [0, 0.1) is 0 Å². The lowest BCUT2D eigenvalue weighted by Crippen LogP contribution is -2.07. The minimum absolute atomic E-state index is 0.209. The van der Waals surface area contributed by atoms with Gasteiger partial charge in [0.2, 0.25) is 0 Å². The summed E-state index contributed by atoms with van der Waals surface area (Å²) in [7, 11) is 0.